The fraction of sp³-hybridized carbons (Fsp3) is 0.350. The monoisotopic (exact) mass is 307 g/mol. The number of pyridine rings is 1. The number of hydrogen-bond donors (Lipinski definition) is 0. The minimum absolute atomic E-state index is 0.495. The van der Waals surface area contributed by atoms with Crippen molar-refractivity contribution in [3.05, 3.63) is 58.4 Å². The number of nitrogens with zero attached hydrogens (tertiary/aromatic N) is 1. The third kappa shape index (κ3) is 2.26. The molecule has 0 saturated carbocycles. The van der Waals surface area contributed by atoms with Crippen molar-refractivity contribution in [2.24, 2.45) is 5.92 Å². The van der Waals surface area contributed by atoms with Crippen molar-refractivity contribution in [1.29, 1.82) is 0 Å². The van der Waals surface area contributed by atoms with Gasteiger partial charge in [0.1, 0.15) is 0 Å². The third-order valence-corrected chi connectivity index (χ3v) is 7.14. The molecule has 1 heterocycles. The highest BCUT2D eigenvalue weighted by atomic mass is 28.3. The van der Waals surface area contributed by atoms with Crippen LogP contribution >= 0.6 is 0 Å². The Morgan fingerprint density at radius 1 is 1.00 bits per heavy atom. The van der Waals surface area contributed by atoms with Crippen LogP contribution < -0.4 is 0 Å². The lowest BCUT2D eigenvalue weighted by Crippen LogP contribution is -2.25. The molecule has 0 aliphatic heterocycles. The van der Waals surface area contributed by atoms with Crippen LogP contribution in [0.25, 0.3) is 16.5 Å². The summed E-state index contributed by atoms with van der Waals surface area (Å²) in [7, 11) is -1.41. The molecule has 3 rings (SSSR count). The van der Waals surface area contributed by atoms with Gasteiger partial charge in [-0.1, -0.05) is 67.2 Å². The van der Waals surface area contributed by atoms with Gasteiger partial charge in [0.25, 0.3) is 0 Å². The zero-order chi connectivity index (χ0) is 16.1. The topological polar surface area (TPSA) is 12.9 Å². The highest BCUT2D eigenvalue weighted by Gasteiger charge is 2.34. The van der Waals surface area contributed by atoms with E-state index in [0.717, 1.165) is 5.52 Å². The summed E-state index contributed by atoms with van der Waals surface area (Å²) in [6, 6.07) is 10.8. The van der Waals surface area contributed by atoms with Crippen LogP contribution in [-0.2, 0) is 0 Å². The van der Waals surface area contributed by atoms with Gasteiger partial charge in [0, 0.05) is 23.1 Å². The maximum Gasteiger partial charge on any atom is 0.0783 e. The van der Waals surface area contributed by atoms with E-state index >= 15 is 0 Å². The molecular formula is C20H25NSi. The number of fused-ring (bicyclic) bond motifs is 1. The Kier molecular flexibility index (Phi) is 3.60. The molecule has 0 amide bonds. The van der Waals surface area contributed by atoms with E-state index in [0.29, 0.717) is 5.92 Å². The number of benzene rings is 1. The van der Waals surface area contributed by atoms with Gasteiger partial charge in [0.15, 0.2) is 0 Å². The normalized spacial score (nSPS) is 19.5. The quantitative estimate of drug-likeness (QED) is 0.634. The minimum atomic E-state index is -1.41. The predicted octanol–water partition coefficient (Wildman–Crippen LogP) is 5.85. The van der Waals surface area contributed by atoms with Gasteiger partial charge in [-0.25, -0.2) is 0 Å². The lowest BCUT2D eigenvalue weighted by Gasteiger charge is -2.24. The fourth-order valence-corrected chi connectivity index (χ4v) is 6.29. The molecule has 0 N–H and O–H groups in total. The molecule has 1 aliphatic rings. The third-order valence-electron chi connectivity index (χ3n) is 4.99. The van der Waals surface area contributed by atoms with Crippen LogP contribution in [0, 0.1) is 5.92 Å². The van der Waals surface area contributed by atoms with Crippen LogP contribution in [0.1, 0.15) is 26.3 Å². The summed E-state index contributed by atoms with van der Waals surface area (Å²) in [6.07, 6.45) is 1.91. The smallest absolute Gasteiger partial charge is 0.0783 e. The first-order valence-corrected chi connectivity index (χ1v) is 11.6. The predicted molar refractivity (Wildman–Crippen MR) is 99.5 cm³/mol. The highest BCUT2D eigenvalue weighted by molar-refractivity contribution is 6.85. The molecule has 1 atom stereocenters. The number of rotatable bonds is 2. The number of aromatic nitrogens is 1. The van der Waals surface area contributed by atoms with Gasteiger partial charge in [0.05, 0.1) is 13.6 Å². The van der Waals surface area contributed by atoms with Crippen molar-refractivity contribution in [2.45, 2.75) is 40.4 Å². The van der Waals surface area contributed by atoms with Crippen LogP contribution in [0.3, 0.4) is 0 Å². The summed E-state index contributed by atoms with van der Waals surface area (Å²) >= 11 is 0. The minimum Gasteiger partial charge on any atom is -0.256 e. The molecule has 1 aromatic heterocycles. The molecule has 0 spiro atoms. The van der Waals surface area contributed by atoms with Crippen LogP contribution in [-0.4, -0.2) is 13.1 Å². The summed E-state index contributed by atoms with van der Waals surface area (Å²) in [5.41, 5.74) is 7.05. The average molecular weight is 308 g/mol. The summed E-state index contributed by atoms with van der Waals surface area (Å²) in [5, 5.41) is 2.87. The second kappa shape index (κ2) is 5.20. The maximum absolute atomic E-state index is 4.69. The van der Waals surface area contributed by atoms with E-state index in [-0.39, 0.29) is 0 Å². The Morgan fingerprint density at radius 2 is 1.68 bits per heavy atom. The second-order valence-corrected chi connectivity index (χ2v) is 12.4. The number of hydrogen-bond acceptors (Lipinski definition) is 1. The van der Waals surface area contributed by atoms with Crippen LogP contribution in [0.15, 0.2) is 52.9 Å². The molecule has 2 heteroatoms. The Bertz CT molecular complexity index is 801. The van der Waals surface area contributed by atoms with E-state index in [9.17, 15) is 0 Å². The molecule has 0 bridgehead atoms. The van der Waals surface area contributed by atoms with Crippen molar-refractivity contribution in [3.63, 3.8) is 0 Å². The summed E-state index contributed by atoms with van der Waals surface area (Å²) in [6.45, 7) is 14.3. The summed E-state index contributed by atoms with van der Waals surface area (Å²) in [4.78, 5) is 4.69. The molecule has 0 saturated heterocycles. The van der Waals surface area contributed by atoms with Gasteiger partial charge < -0.3 is 0 Å². The highest BCUT2D eigenvalue weighted by Crippen LogP contribution is 2.47. The first-order chi connectivity index (χ1) is 10.3. The lowest BCUT2D eigenvalue weighted by atomic mass is 9.91. The Balaban J connectivity index is 2.35. The molecule has 22 heavy (non-hydrogen) atoms. The standard InChI is InChI=1S/C20H25NSi/c1-13-14(2)18(20(15(13)3)22(4,5)6)17-11-7-9-16-10-8-12-21-19(16)17/h7-12,14H,1-6H3. The largest absolute Gasteiger partial charge is 0.256 e. The maximum atomic E-state index is 4.69. The molecule has 2 aromatic rings. The van der Waals surface area contributed by atoms with Crippen LogP contribution in [0.2, 0.25) is 19.6 Å². The van der Waals surface area contributed by atoms with Gasteiger partial charge in [-0.3, -0.25) is 4.98 Å². The SMILES string of the molecule is CC1=C(C)C(C)C(c2cccc3cccnc23)=C1[Si](C)(C)C. The van der Waals surface area contributed by atoms with E-state index in [4.69, 9.17) is 0 Å². The Labute approximate surface area is 134 Å². The molecule has 1 aromatic carbocycles. The number of para-hydroxylation sites is 1. The van der Waals surface area contributed by atoms with Crippen molar-refractivity contribution in [3.8, 4) is 0 Å². The zero-order valence-electron chi connectivity index (χ0n) is 14.5. The van der Waals surface area contributed by atoms with Gasteiger partial charge in [0.2, 0.25) is 0 Å². The van der Waals surface area contributed by atoms with Crippen molar-refractivity contribution < 1.29 is 0 Å². The van der Waals surface area contributed by atoms with Gasteiger partial charge in [-0.05, 0) is 25.5 Å². The van der Waals surface area contributed by atoms with Gasteiger partial charge in [-0.2, -0.15) is 0 Å². The van der Waals surface area contributed by atoms with E-state index in [1.807, 2.05) is 12.3 Å². The van der Waals surface area contributed by atoms with Crippen LogP contribution in [0.5, 0.6) is 0 Å². The summed E-state index contributed by atoms with van der Waals surface area (Å²) in [5.74, 6) is 0.495. The van der Waals surface area contributed by atoms with E-state index in [1.165, 1.54) is 27.7 Å². The Morgan fingerprint density at radius 3 is 2.36 bits per heavy atom. The lowest BCUT2D eigenvalue weighted by molar-refractivity contribution is 0.896. The second-order valence-electron chi connectivity index (χ2n) is 7.45. The zero-order valence-corrected chi connectivity index (χ0v) is 15.5. The van der Waals surface area contributed by atoms with Gasteiger partial charge in [-0.15, -0.1) is 0 Å². The van der Waals surface area contributed by atoms with Crippen molar-refractivity contribution in [2.75, 3.05) is 0 Å². The van der Waals surface area contributed by atoms with E-state index in [1.54, 1.807) is 5.20 Å². The van der Waals surface area contributed by atoms with Crippen LogP contribution in [0.4, 0.5) is 0 Å². The van der Waals surface area contributed by atoms with Gasteiger partial charge >= 0.3 is 0 Å². The molecule has 1 nitrogen and oxygen atoms in total. The average Bonchev–Trinajstić information content (AvgIpc) is 2.70. The fourth-order valence-electron chi connectivity index (χ4n) is 3.81. The van der Waals surface area contributed by atoms with E-state index < -0.39 is 8.07 Å². The number of allylic oxidation sites excluding steroid dienone is 4. The molecule has 0 radical (unpaired) electrons. The molecule has 1 aliphatic carbocycles. The van der Waals surface area contributed by atoms with E-state index in [2.05, 4.69) is 69.7 Å². The van der Waals surface area contributed by atoms with Crippen molar-refractivity contribution in [1.82, 2.24) is 4.98 Å². The first kappa shape index (κ1) is 15.2. The first-order valence-electron chi connectivity index (χ1n) is 8.09. The molecule has 0 fully saturated rings. The van der Waals surface area contributed by atoms with Crippen molar-refractivity contribution >= 4 is 24.5 Å². The Hall–Kier alpha value is -1.67. The summed E-state index contributed by atoms with van der Waals surface area (Å²) < 4.78 is 0. The molecule has 1 unspecified atom stereocenters. The molecular weight excluding hydrogens is 282 g/mol. The molecule has 114 valence electrons.